The van der Waals surface area contributed by atoms with E-state index < -0.39 is 39.5 Å². The normalized spacial score (nSPS) is 19.9. The smallest absolute Gasteiger partial charge is 0.380 e. The molecule has 3 aromatic rings. The lowest BCUT2D eigenvalue weighted by atomic mass is 9.94. The summed E-state index contributed by atoms with van der Waals surface area (Å²) >= 11 is 0. The predicted molar refractivity (Wildman–Crippen MR) is 108 cm³/mol. The molecule has 0 bridgehead atoms. The molecule has 0 aliphatic carbocycles. The lowest BCUT2D eigenvalue weighted by Gasteiger charge is -2.22. The second-order valence-electron chi connectivity index (χ2n) is 7.54. The fraction of sp³-hybridized carbons (Fsp3) is 0.300. The van der Waals surface area contributed by atoms with Crippen molar-refractivity contribution in [2.75, 3.05) is 18.4 Å². The van der Waals surface area contributed by atoms with Crippen molar-refractivity contribution in [3.05, 3.63) is 71.7 Å². The summed E-state index contributed by atoms with van der Waals surface area (Å²) in [5.74, 6) is -0.880. The number of halogens is 4. The number of aryl methyl sites for hydroxylation is 1. The van der Waals surface area contributed by atoms with Crippen LogP contribution in [0.2, 0.25) is 0 Å². The number of nitrogens with one attached hydrogen (secondary N) is 1. The Morgan fingerprint density at radius 1 is 1.09 bits per heavy atom. The van der Waals surface area contributed by atoms with Gasteiger partial charge in [-0.2, -0.15) is 17.5 Å². The molecule has 32 heavy (non-hydrogen) atoms. The van der Waals surface area contributed by atoms with Gasteiger partial charge in [-0.1, -0.05) is 23.4 Å². The topological polar surface area (TPSA) is 80.1 Å². The number of rotatable bonds is 5. The molecule has 1 saturated heterocycles. The molecule has 0 spiro atoms. The third-order valence-corrected chi connectivity index (χ3v) is 7.01. The average molecular weight is 469 g/mol. The summed E-state index contributed by atoms with van der Waals surface area (Å²) in [6, 6.07) is 9.74. The number of aromatic nitrogens is 3. The van der Waals surface area contributed by atoms with E-state index in [0.29, 0.717) is 5.56 Å². The van der Waals surface area contributed by atoms with Crippen LogP contribution in [0.1, 0.15) is 17.0 Å². The van der Waals surface area contributed by atoms with E-state index >= 15 is 0 Å². The first kappa shape index (κ1) is 22.2. The molecule has 1 aliphatic heterocycles. The number of hydrogen-bond acceptors (Lipinski definition) is 5. The Labute approximate surface area is 181 Å². The van der Waals surface area contributed by atoms with E-state index in [2.05, 4.69) is 15.6 Å². The van der Waals surface area contributed by atoms with Gasteiger partial charge in [-0.15, -0.1) is 5.10 Å². The highest BCUT2D eigenvalue weighted by Gasteiger charge is 2.41. The van der Waals surface area contributed by atoms with Crippen LogP contribution in [0.15, 0.2) is 59.8 Å². The summed E-state index contributed by atoms with van der Waals surface area (Å²) in [7, 11) is -2.44. The quantitative estimate of drug-likeness (QED) is 0.581. The Balaban J connectivity index is 1.66. The van der Waals surface area contributed by atoms with Crippen molar-refractivity contribution in [2.45, 2.75) is 23.2 Å². The monoisotopic (exact) mass is 469 g/mol. The van der Waals surface area contributed by atoms with Crippen LogP contribution in [0.4, 0.5) is 23.2 Å². The van der Waals surface area contributed by atoms with Gasteiger partial charge in [0, 0.05) is 37.8 Å². The van der Waals surface area contributed by atoms with Gasteiger partial charge in [0.1, 0.15) is 5.82 Å². The van der Waals surface area contributed by atoms with E-state index in [0.717, 1.165) is 12.1 Å². The molecule has 1 aromatic heterocycles. The minimum Gasteiger partial charge on any atom is -0.380 e. The number of nitrogens with zero attached hydrogens (tertiary/aromatic N) is 4. The van der Waals surface area contributed by atoms with Crippen molar-refractivity contribution < 1.29 is 26.0 Å². The van der Waals surface area contributed by atoms with E-state index in [-0.39, 0.29) is 23.8 Å². The van der Waals surface area contributed by atoms with Crippen LogP contribution in [-0.4, -0.2) is 46.8 Å². The van der Waals surface area contributed by atoms with Gasteiger partial charge in [-0.3, -0.25) is 4.68 Å². The van der Waals surface area contributed by atoms with E-state index in [1.807, 2.05) is 0 Å². The summed E-state index contributed by atoms with van der Waals surface area (Å²) in [6.07, 6.45) is -3.24. The maximum atomic E-state index is 13.4. The van der Waals surface area contributed by atoms with Gasteiger partial charge in [0.05, 0.1) is 11.8 Å². The van der Waals surface area contributed by atoms with Crippen LogP contribution in [0.25, 0.3) is 0 Å². The highest BCUT2D eigenvalue weighted by atomic mass is 32.2. The van der Waals surface area contributed by atoms with Crippen molar-refractivity contribution >= 4 is 15.7 Å². The summed E-state index contributed by atoms with van der Waals surface area (Å²) in [5.41, 5.74) is 0.0475. The average Bonchev–Trinajstić information content (AvgIpc) is 3.36. The molecule has 0 amide bonds. The molecule has 0 unspecified atom stereocenters. The second-order valence-corrected chi connectivity index (χ2v) is 9.42. The summed E-state index contributed by atoms with van der Waals surface area (Å²) in [5, 5.41) is 10.1. The van der Waals surface area contributed by atoms with Crippen molar-refractivity contribution in [1.82, 2.24) is 19.3 Å². The van der Waals surface area contributed by atoms with Gasteiger partial charge in [-0.25, -0.2) is 12.8 Å². The van der Waals surface area contributed by atoms with Crippen molar-refractivity contribution in [3.63, 3.8) is 0 Å². The van der Waals surface area contributed by atoms with Gasteiger partial charge in [0.25, 0.3) is 10.0 Å². The molecule has 0 radical (unpaired) electrons. The first-order valence-corrected chi connectivity index (χ1v) is 11.0. The predicted octanol–water partition coefficient (Wildman–Crippen LogP) is 3.24. The minimum atomic E-state index is -4.51. The van der Waals surface area contributed by atoms with Crippen LogP contribution >= 0.6 is 0 Å². The van der Waals surface area contributed by atoms with E-state index in [1.165, 1.54) is 46.5 Å². The Hall–Kier alpha value is -2.99. The standard InChI is InChI=1S/C20H19F4N5O2S/c1-28-12-19(26-27-28)32(30,31)29-10-17(13-5-7-15(21)8-6-13)18(11-29)25-16-4-2-3-14(9-16)20(22,23)24/h2-9,12,17-18,25H,10-11H2,1H3/t17-,18+/m1/s1. The molecule has 170 valence electrons. The lowest BCUT2D eigenvalue weighted by Crippen LogP contribution is -2.32. The van der Waals surface area contributed by atoms with Crippen LogP contribution in [0.5, 0.6) is 0 Å². The number of benzene rings is 2. The highest BCUT2D eigenvalue weighted by molar-refractivity contribution is 7.89. The van der Waals surface area contributed by atoms with E-state index in [1.54, 1.807) is 12.1 Å². The molecule has 2 aromatic carbocycles. The fourth-order valence-electron chi connectivity index (χ4n) is 3.73. The maximum absolute atomic E-state index is 13.4. The highest BCUT2D eigenvalue weighted by Crippen LogP contribution is 2.35. The Morgan fingerprint density at radius 3 is 2.44 bits per heavy atom. The third kappa shape index (κ3) is 4.46. The van der Waals surface area contributed by atoms with Crippen molar-refractivity contribution in [3.8, 4) is 0 Å². The molecule has 1 fully saturated rings. The summed E-state index contributed by atoms with van der Waals surface area (Å²) < 4.78 is 81.3. The van der Waals surface area contributed by atoms with Crippen LogP contribution in [0, 0.1) is 5.82 Å². The first-order valence-electron chi connectivity index (χ1n) is 9.60. The van der Waals surface area contributed by atoms with E-state index in [9.17, 15) is 26.0 Å². The Morgan fingerprint density at radius 2 is 1.81 bits per heavy atom. The van der Waals surface area contributed by atoms with Crippen molar-refractivity contribution in [2.24, 2.45) is 7.05 Å². The molecule has 1 N–H and O–H groups in total. The Bertz CT molecular complexity index is 1210. The third-order valence-electron chi connectivity index (χ3n) is 5.31. The second kappa shape index (κ2) is 8.17. The number of anilines is 1. The molecule has 4 rings (SSSR count). The molecule has 7 nitrogen and oxygen atoms in total. The molecular weight excluding hydrogens is 450 g/mol. The van der Waals surface area contributed by atoms with Gasteiger partial charge in [-0.05, 0) is 35.9 Å². The zero-order valence-corrected chi connectivity index (χ0v) is 17.6. The Kier molecular flexibility index (Phi) is 5.67. The summed E-state index contributed by atoms with van der Waals surface area (Å²) in [6.45, 7) is 0.0262. The molecular formula is C20H19F4N5O2S. The van der Waals surface area contributed by atoms with E-state index in [4.69, 9.17) is 0 Å². The van der Waals surface area contributed by atoms with Crippen LogP contribution < -0.4 is 5.32 Å². The van der Waals surface area contributed by atoms with Gasteiger partial charge < -0.3 is 5.32 Å². The number of alkyl halides is 3. The van der Waals surface area contributed by atoms with Crippen molar-refractivity contribution in [1.29, 1.82) is 0 Å². The zero-order chi connectivity index (χ0) is 23.1. The maximum Gasteiger partial charge on any atom is 0.416 e. The minimum absolute atomic E-state index is 0.0167. The number of sulfonamides is 1. The van der Waals surface area contributed by atoms with Gasteiger partial charge >= 0.3 is 6.18 Å². The first-order chi connectivity index (χ1) is 15.0. The lowest BCUT2D eigenvalue weighted by molar-refractivity contribution is -0.137. The number of hydrogen-bond donors (Lipinski definition) is 1. The van der Waals surface area contributed by atoms with Gasteiger partial charge in [0.15, 0.2) is 0 Å². The fourth-order valence-corrected chi connectivity index (χ4v) is 5.14. The van der Waals surface area contributed by atoms with Gasteiger partial charge in [0.2, 0.25) is 5.03 Å². The van der Waals surface area contributed by atoms with Crippen LogP contribution in [0.3, 0.4) is 0 Å². The summed E-state index contributed by atoms with van der Waals surface area (Å²) in [4.78, 5) is 0. The zero-order valence-electron chi connectivity index (χ0n) is 16.8. The SMILES string of the molecule is Cn1cc(S(=O)(=O)N2C[C@H](Nc3cccc(C(F)(F)F)c3)[C@@H](c3ccc(F)cc3)C2)nn1. The van der Waals surface area contributed by atoms with Crippen LogP contribution in [-0.2, 0) is 23.2 Å². The molecule has 1 aliphatic rings. The molecule has 2 atom stereocenters. The molecule has 0 saturated carbocycles. The molecule has 12 heteroatoms. The molecule has 2 heterocycles. The largest absolute Gasteiger partial charge is 0.416 e.